The molecule has 1 aromatic carbocycles. The van der Waals surface area contributed by atoms with Gasteiger partial charge >= 0.3 is 12.2 Å². The highest BCUT2D eigenvalue weighted by Crippen LogP contribution is 2.31. The van der Waals surface area contributed by atoms with Gasteiger partial charge in [0.25, 0.3) is 5.91 Å². The molecule has 3 aliphatic rings. The van der Waals surface area contributed by atoms with Crippen molar-refractivity contribution in [3.05, 3.63) is 29.8 Å². The van der Waals surface area contributed by atoms with Crippen molar-refractivity contribution < 1.29 is 27.7 Å². The van der Waals surface area contributed by atoms with E-state index in [0.29, 0.717) is 18.8 Å². The van der Waals surface area contributed by atoms with Crippen molar-refractivity contribution in [2.75, 3.05) is 50.7 Å². The fourth-order valence-electron chi connectivity index (χ4n) is 4.91. The Morgan fingerprint density at radius 1 is 1.03 bits per heavy atom. The molecule has 0 aliphatic carbocycles. The Bertz CT molecular complexity index is 784. The van der Waals surface area contributed by atoms with E-state index in [-0.39, 0.29) is 18.0 Å². The van der Waals surface area contributed by atoms with E-state index < -0.39 is 11.7 Å². The Morgan fingerprint density at radius 3 is 2.52 bits per heavy atom. The number of halogens is 3. The highest BCUT2D eigenvalue weighted by Gasteiger charge is 2.45. The zero-order chi connectivity index (χ0) is 22.0. The van der Waals surface area contributed by atoms with Crippen LogP contribution in [0.3, 0.4) is 0 Å². The minimum atomic E-state index is -4.32. The normalized spacial score (nSPS) is 22.9. The van der Waals surface area contributed by atoms with Gasteiger partial charge in [0.15, 0.2) is 0 Å². The van der Waals surface area contributed by atoms with Crippen LogP contribution in [0.5, 0.6) is 0 Å². The van der Waals surface area contributed by atoms with Gasteiger partial charge in [0.05, 0.1) is 38.3 Å². The lowest BCUT2D eigenvalue weighted by molar-refractivity contribution is -0.900. The standard InChI is InChI=1S/C22H29F3N4O2/c23-22(24,25)17-6-5-7-18(16-17)27-14-12-26(13-15-27)9-3-4-11-29-20(30)19-8-1-2-10-28(19)21(29)31/h5-7,16,19H,1-4,8-15H2/p+1/t19-/m1/s1. The molecule has 4 rings (SSSR count). The SMILES string of the molecule is O=C1[C@H]2CCCCN2C(=O)N1CCCC[NH+]1CCN(c2cccc(C(F)(F)F)c2)CC1. The van der Waals surface area contributed by atoms with Crippen LogP contribution in [-0.2, 0) is 11.0 Å². The maximum absolute atomic E-state index is 12.9. The molecule has 1 N–H and O–H groups in total. The number of alkyl halides is 3. The third kappa shape index (κ3) is 4.81. The van der Waals surface area contributed by atoms with E-state index in [9.17, 15) is 22.8 Å². The largest absolute Gasteiger partial charge is 0.416 e. The molecule has 31 heavy (non-hydrogen) atoms. The maximum atomic E-state index is 12.9. The number of benzene rings is 1. The number of imide groups is 1. The zero-order valence-corrected chi connectivity index (χ0v) is 17.7. The van der Waals surface area contributed by atoms with Crippen LogP contribution < -0.4 is 9.80 Å². The molecule has 3 aliphatic heterocycles. The van der Waals surface area contributed by atoms with Crippen LogP contribution in [0.15, 0.2) is 24.3 Å². The average Bonchev–Trinajstić information content (AvgIpc) is 3.01. The highest BCUT2D eigenvalue weighted by molar-refractivity contribution is 6.04. The molecule has 170 valence electrons. The summed E-state index contributed by atoms with van der Waals surface area (Å²) in [6.07, 6.45) is 0.139. The van der Waals surface area contributed by atoms with Crippen molar-refractivity contribution in [3.63, 3.8) is 0 Å². The first-order valence-corrected chi connectivity index (χ1v) is 11.2. The number of carbonyl (C=O) groups is 2. The Labute approximate surface area is 180 Å². The van der Waals surface area contributed by atoms with Crippen LogP contribution in [0.25, 0.3) is 0 Å². The van der Waals surface area contributed by atoms with Gasteiger partial charge in [-0.15, -0.1) is 0 Å². The Hall–Kier alpha value is -2.29. The first kappa shape index (κ1) is 21.9. The molecule has 3 amide bonds. The molecule has 3 fully saturated rings. The fourth-order valence-corrected chi connectivity index (χ4v) is 4.91. The molecule has 0 radical (unpaired) electrons. The van der Waals surface area contributed by atoms with Crippen LogP contribution in [0.1, 0.15) is 37.7 Å². The number of piperidine rings is 1. The topological polar surface area (TPSA) is 48.3 Å². The van der Waals surface area contributed by atoms with Gasteiger partial charge in [-0.1, -0.05) is 6.07 Å². The van der Waals surface area contributed by atoms with Crippen LogP contribution in [0, 0.1) is 0 Å². The van der Waals surface area contributed by atoms with Gasteiger partial charge in [-0.25, -0.2) is 4.79 Å². The molecule has 0 saturated carbocycles. The van der Waals surface area contributed by atoms with E-state index in [0.717, 1.165) is 70.9 Å². The molecule has 0 aromatic heterocycles. The molecule has 1 aromatic rings. The van der Waals surface area contributed by atoms with E-state index >= 15 is 0 Å². The third-order valence-electron chi connectivity index (χ3n) is 6.70. The number of carbonyl (C=O) groups excluding carboxylic acids is 2. The minimum absolute atomic E-state index is 0.0354. The summed E-state index contributed by atoms with van der Waals surface area (Å²) in [6, 6.07) is 5.16. The molecular formula is C22H30F3N4O2+. The van der Waals surface area contributed by atoms with Gasteiger partial charge in [-0.05, 0) is 50.3 Å². The second-order valence-electron chi connectivity index (χ2n) is 8.72. The molecule has 1 atom stereocenters. The summed E-state index contributed by atoms with van der Waals surface area (Å²) in [7, 11) is 0. The highest BCUT2D eigenvalue weighted by atomic mass is 19.4. The van der Waals surface area contributed by atoms with Crippen LogP contribution in [-0.4, -0.2) is 73.6 Å². The van der Waals surface area contributed by atoms with Crippen molar-refractivity contribution in [2.24, 2.45) is 0 Å². The predicted octanol–water partition coefficient (Wildman–Crippen LogP) is 2.01. The summed E-state index contributed by atoms with van der Waals surface area (Å²) in [4.78, 5) is 31.5. The molecule has 0 spiro atoms. The number of hydrogen-bond acceptors (Lipinski definition) is 3. The van der Waals surface area contributed by atoms with Crippen molar-refractivity contribution in [1.82, 2.24) is 9.80 Å². The number of anilines is 1. The van der Waals surface area contributed by atoms with Crippen LogP contribution in [0.2, 0.25) is 0 Å². The zero-order valence-electron chi connectivity index (χ0n) is 17.7. The van der Waals surface area contributed by atoms with Crippen LogP contribution >= 0.6 is 0 Å². The lowest BCUT2D eigenvalue weighted by atomic mass is 10.0. The van der Waals surface area contributed by atoms with Gasteiger partial charge in [0.1, 0.15) is 6.04 Å². The first-order valence-electron chi connectivity index (χ1n) is 11.2. The number of amides is 3. The molecule has 0 bridgehead atoms. The Morgan fingerprint density at radius 2 is 1.81 bits per heavy atom. The molecule has 3 heterocycles. The predicted molar refractivity (Wildman–Crippen MR) is 110 cm³/mol. The monoisotopic (exact) mass is 439 g/mol. The summed E-state index contributed by atoms with van der Waals surface area (Å²) >= 11 is 0. The lowest BCUT2D eigenvalue weighted by Crippen LogP contribution is -3.14. The summed E-state index contributed by atoms with van der Waals surface area (Å²) in [6.45, 7) is 5.29. The third-order valence-corrected chi connectivity index (χ3v) is 6.70. The molecule has 9 heteroatoms. The summed E-state index contributed by atoms with van der Waals surface area (Å²) < 4.78 is 38.8. The summed E-state index contributed by atoms with van der Waals surface area (Å²) in [5.41, 5.74) is 0.0124. The van der Waals surface area contributed by atoms with E-state index in [1.54, 1.807) is 11.0 Å². The van der Waals surface area contributed by atoms with E-state index in [4.69, 9.17) is 0 Å². The summed E-state index contributed by atoms with van der Waals surface area (Å²) in [5, 5.41) is 0. The Balaban J connectivity index is 1.19. The van der Waals surface area contributed by atoms with Gasteiger partial charge in [0, 0.05) is 18.8 Å². The van der Waals surface area contributed by atoms with Gasteiger partial charge in [-0.3, -0.25) is 9.69 Å². The fraction of sp³-hybridized carbons (Fsp3) is 0.636. The smallest absolute Gasteiger partial charge is 0.360 e. The van der Waals surface area contributed by atoms with E-state index in [1.165, 1.54) is 21.9 Å². The second-order valence-corrected chi connectivity index (χ2v) is 8.72. The number of nitrogens with one attached hydrogen (secondary N) is 1. The number of piperazine rings is 1. The van der Waals surface area contributed by atoms with Crippen LogP contribution in [0.4, 0.5) is 23.7 Å². The quantitative estimate of drug-likeness (QED) is 0.545. The van der Waals surface area contributed by atoms with E-state index in [2.05, 4.69) is 0 Å². The second kappa shape index (κ2) is 9.06. The number of hydrogen-bond donors (Lipinski definition) is 1. The summed E-state index contributed by atoms with van der Waals surface area (Å²) in [5.74, 6) is -0.0354. The molecular weight excluding hydrogens is 409 g/mol. The first-order chi connectivity index (χ1) is 14.8. The number of quaternary nitrogens is 1. The van der Waals surface area contributed by atoms with Crippen molar-refractivity contribution in [3.8, 4) is 0 Å². The van der Waals surface area contributed by atoms with Gasteiger partial charge in [0.2, 0.25) is 0 Å². The minimum Gasteiger partial charge on any atom is -0.360 e. The van der Waals surface area contributed by atoms with Gasteiger partial charge < -0.3 is 14.7 Å². The number of rotatable bonds is 6. The lowest BCUT2D eigenvalue weighted by Gasteiger charge is -2.34. The number of fused-ring (bicyclic) bond motifs is 1. The van der Waals surface area contributed by atoms with Crippen molar-refractivity contribution in [1.29, 1.82) is 0 Å². The van der Waals surface area contributed by atoms with Gasteiger partial charge in [-0.2, -0.15) is 13.2 Å². The number of unbranched alkanes of at least 4 members (excludes halogenated alkanes) is 1. The van der Waals surface area contributed by atoms with Crippen molar-refractivity contribution in [2.45, 2.75) is 44.3 Å². The number of nitrogens with zero attached hydrogens (tertiary/aromatic N) is 3. The number of urea groups is 1. The Kier molecular flexibility index (Phi) is 6.41. The average molecular weight is 440 g/mol. The molecule has 3 saturated heterocycles. The maximum Gasteiger partial charge on any atom is 0.416 e. The van der Waals surface area contributed by atoms with Crippen molar-refractivity contribution >= 4 is 17.6 Å². The van der Waals surface area contributed by atoms with E-state index in [1.807, 2.05) is 4.90 Å². The molecule has 0 unspecified atom stereocenters. The molecule has 6 nitrogen and oxygen atoms in total.